The molecule has 1 fully saturated rings. The SMILES string of the molecule is CN=C(NCC(=O)NCc1ccc(OC)cc1)N1CCC(Cc2ccccc2)C1.I. The van der Waals surface area contributed by atoms with E-state index in [4.69, 9.17) is 4.74 Å². The van der Waals surface area contributed by atoms with Crippen LogP contribution < -0.4 is 15.4 Å². The van der Waals surface area contributed by atoms with Gasteiger partial charge in [0.2, 0.25) is 5.91 Å². The average molecular weight is 522 g/mol. The minimum atomic E-state index is -0.0537. The van der Waals surface area contributed by atoms with Gasteiger partial charge in [0.15, 0.2) is 5.96 Å². The molecule has 0 radical (unpaired) electrons. The first-order valence-electron chi connectivity index (χ1n) is 10.1. The molecule has 2 aromatic rings. The van der Waals surface area contributed by atoms with E-state index in [9.17, 15) is 4.79 Å². The van der Waals surface area contributed by atoms with Crippen molar-refractivity contribution in [1.29, 1.82) is 0 Å². The molecule has 2 N–H and O–H groups in total. The molecule has 3 rings (SSSR count). The predicted octanol–water partition coefficient (Wildman–Crippen LogP) is 3.07. The number of guanidine groups is 1. The van der Waals surface area contributed by atoms with Crippen LogP contribution in [0.15, 0.2) is 59.6 Å². The van der Waals surface area contributed by atoms with Gasteiger partial charge >= 0.3 is 0 Å². The molecule has 0 aromatic heterocycles. The maximum Gasteiger partial charge on any atom is 0.239 e. The lowest BCUT2D eigenvalue weighted by molar-refractivity contribution is -0.120. The Hall–Kier alpha value is -2.29. The summed E-state index contributed by atoms with van der Waals surface area (Å²) < 4.78 is 5.15. The van der Waals surface area contributed by atoms with Crippen LogP contribution in [0.4, 0.5) is 0 Å². The van der Waals surface area contributed by atoms with Gasteiger partial charge in [-0.25, -0.2) is 0 Å². The van der Waals surface area contributed by atoms with E-state index in [0.29, 0.717) is 12.5 Å². The minimum absolute atomic E-state index is 0. The van der Waals surface area contributed by atoms with Crippen LogP contribution in [0.5, 0.6) is 5.75 Å². The van der Waals surface area contributed by atoms with Gasteiger partial charge in [-0.3, -0.25) is 9.79 Å². The second-order valence-corrected chi connectivity index (χ2v) is 7.32. The fourth-order valence-corrected chi connectivity index (χ4v) is 3.64. The third-order valence-corrected chi connectivity index (χ3v) is 5.22. The van der Waals surface area contributed by atoms with Gasteiger partial charge in [-0.05, 0) is 42.0 Å². The molecular formula is C23H31IN4O2. The molecule has 1 aliphatic heterocycles. The first kappa shape index (κ1) is 24.0. The van der Waals surface area contributed by atoms with Crippen LogP contribution in [0, 0.1) is 5.92 Å². The van der Waals surface area contributed by atoms with Crippen molar-refractivity contribution >= 4 is 35.8 Å². The number of aliphatic imine (C=N–C) groups is 1. The van der Waals surface area contributed by atoms with Crippen molar-refractivity contribution in [3.8, 4) is 5.75 Å². The number of amides is 1. The number of halogens is 1. The second-order valence-electron chi connectivity index (χ2n) is 7.32. The predicted molar refractivity (Wildman–Crippen MR) is 131 cm³/mol. The van der Waals surface area contributed by atoms with Gasteiger partial charge in [-0.1, -0.05) is 42.5 Å². The molecule has 1 saturated heterocycles. The molecule has 30 heavy (non-hydrogen) atoms. The number of hydrogen-bond donors (Lipinski definition) is 2. The molecule has 7 heteroatoms. The zero-order chi connectivity index (χ0) is 20.5. The summed E-state index contributed by atoms with van der Waals surface area (Å²) in [4.78, 5) is 18.8. The minimum Gasteiger partial charge on any atom is -0.497 e. The zero-order valence-corrected chi connectivity index (χ0v) is 20.0. The summed E-state index contributed by atoms with van der Waals surface area (Å²) in [6.45, 7) is 2.63. The van der Waals surface area contributed by atoms with Crippen LogP contribution in [-0.2, 0) is 17.8 Å². The summed E-state index contributed by atoms with van der Waals surface area (Å²) >= 11 is 0. The highest BCUT2D eigenvalue weighted by Gasteiger charge is 2.25. The molecular weight excluding hydrogens is 491 g/mol. The average Bonchev–Trinajstić information content (AvgIpc) is 3.22. The van der Waals surface area contributed by atoms with Gasteiger partial charge in [0.05, 0.1) is 13.7 Å². The van der Waals surface area contributed by atoms with Gasteiger partial charge in [0.25, 0.3) is 0 Å². The standard InChI is InChI=1S/C23H30N4O2.HI/c1-24-23(27-13-12-20(17-27)14-18-6-4-3-5-7-18)26-16-22(28)25-15-19-8-10-21(29-2)11-9-19;/h3-11,20H,12-17H2,1-2H3,(H,24,26)(H,25,28);1H. The molecule has 0 aliphatic carbocycles. The van der Waals surface area contributed by atoms with E-state index in [0.717, 1.165) is 43.2 Å². The summed E-state index contributed by atoms with van der Waals surface area (Å²) in [5.74, 6) is 2.16. The van der Waals surface area contributed by atoms with Gasteiger partial charge in [0.1, 0.15) is 5.75 Å². The lowest BCUT2D eigenvalue weighted by Gasteiger charge is -2.21. The molecule has 1 heterocycles. The van der Waals surface area contributed by atoms with Crippen molar-refractivity contribution < 1.29 is 9.53 Å². The number of hydrogen-bond acceptors (Lipinski definition) is 3. The van der Waals surface area contributed by atoms with Crippen LogP contribution in [-0.4, -0.2) is 50.6 Å². The summed E-state index contributed by atoms with van der Waals surface area (Å²) in [6, 6.07) is 18.3. The summed E-state index contributed by atoms with van der Waals surface area (Å²) in [5.41, 5.74) is 2.41. The van der Waals surface area contributed by atoms with E-state index in [1.165, 1.54) is 5.56 Å². The molecule has 6 nitrogen and oxygen atoms in total. The fraction of sp³-hybridized carbons (Fsp3) is 0.391. The Morgan fingerprint density at radius 2 is 1.83 bits per heavy atom. The van der Waals surface area contributed by atoms with Crippen molar-refractivity contribution in [3.63, 3.8) is 0 Å². The van der Waals surface area contributed by atoms with Gasteiger partial charge in [-0.2, -0.15) is 0 Å². The van der Waals surface area contributed by atoms with Crippen molar-refractivity contribution in [2.45, 2.75) is 19.4 Å². The van der Waals surface area contributed by atoms with Crippen LogP contribution in [0.3, 0.4) is 0 Å². The Morgan fingerprint density at radius 3 is 2.50 bits per heavy atom. The number of rotatable bonds is 7. The van der Waals surface area contributed by atoms with E-state index in [1.54, 1.807) is 14.2 Å². The van der Waals surface area contributed by atoms with Gasteiger partial charge in [0, 0.05) is 26.7 Å². The topological polar surface area (TPSA) is 66.0 Å². The molecule has 0 saturated carbocycles. The van der Waals surface area contributed by atoms with E-state index >= 15 is 0 Å². The molecule has 1 amide bonds. The van der Waals surface area contributed by atoms with Crippen molar-refractivity contribution in [2.24, 2.45) is 10.9 Å². The first-order valence-corrected chi connectivity index (χ1v) is 10.1. The number of nitrogens with zero attached hydrogens (tertiary/aromatic N) is 2. The highest BCUT2D eigenvalue weighted by atomic mass is 127. The number of likely N-dealkylation sites (tertiary alicyclic amines) is 1. The lowest BCUT2D eigenvalue weighted by atomic mass is 9.99. The molecule has 162 valence electrons. The number of methoxy groups -OCH3 is 1. The Kier molecular flexibility index (Phi) is 9.93. The number of carbonyl (C=O) groups is 1. The molecule has 1 atom stereocenters. The quantitative estimate of drug-likeness (QED) is 0.334. The van der Waals surface area contributed by atoms with Crippen LogP contribution in [0.1, 0.15) is 17.5 Å². The maximum atomic E-state index is 12.2. The maximum absolute atomic E-state index is 12.2. The monoisotopic (exact) mass is 522 g/mol. The number of nitrogens with one attached hydrogen (secondary N) is 2. The Bertz CT molecular complexity index is 812. The third kappa shape index (κ3) is 7.19. The van der Waals surface area contributed by atoms with Crippen LogP contribution in [0.25, 0.3) is 0 Å². The summed E-state index contributed by atoms with van der Waals surface area (Å²) in [7, 11) is 3.40. The van der Waals surface area contributed by atoms with Gasteiger partial charge < -0.3 is 20.3 Å². The Balaban J connectivity index is 0.00000320. The molecule has 0 spiro atoms. The van der Waals surface area contributed by atoms with Crippen LogP contribution in [0.2, 0.25) is 0 Å². The van der Waals surface area contributed by atoms with E-state index < -0.39 is 0 Å². The lowest BCUT2D eigenvalue weighted by Crippen LogP contribution is -2.44. The first-order chi connectivity index (χ1) is 14.2. The molecule has 0 bridgehead atoms. The number of ether oxygens (including phenoxy) is 1. The van der Waals surface area contributed by atoms with Gasteiger partial charge in [-0.15, -0.1) is 24.0 Å². The van der Waals surface area contributed by atoms with Crippen molar-refractivity contribution in [1.82, 2.24) is 15.5 Å². The number of benzene rings is 2. The molecule has 1 unspecified atom stereocenters. The normalized spacial score (nSPS) is 16.0. The smallest absolute Gasteiger partial charge is 0.239 e. The summed E-state index contributed by atoms with van der Waals surface area (Å²) in [6.07, 6.45) is 2.22. The Labute approximate surface area is 196 Å². The fourth-order valence-electron chi connectivity index (χ4n) is 3.64. The summed E-state index contributed by atoms with van der Waals surface area (Å²) in [5, 5.41) is 6.13. The number of carbonyl (C=O) groups excluding carboxylic acids is 1. The van der Waals surface area contributed by atoms with Crippen molar-refractivity contribution in [3.05, 3.63) is 65.7 Å². The molecule has 2 aromatic carbocycles. The Morgan fingerprint density at radius 1 is 1.10 bits per heavy atom. The third-order valence-electron chi connectivity index (χ3n) is 5.22. The highest BCUT2D eigenvalue weighted by molar-refractivity contribution is 14.0. The van der Waals surface area contributed by atoms with E-state index in [1.807, 2.05) is 24.3 Å². The largest absolute Gasteiger partial charge is 0.497 e. The second kappa shape index (κ2) is 12.4. The molecule has 1 aliphatic rings. The van der Waals surface area contributed by atoms with E-state index in [2.05, 4.69) is 50.9 Å². The highest BCUT2D eigenvalue weighted by Crippen LogP contribution is 2.20. The van der Waals surface area contributed by atoms with Crippen LogP contribution >= 0.6 is 24.0 Å². The van der Waals surface area contributed by atoms with E-state index in [-0.39, 0.29) is 36.4 Å². The zero-order valence-electron chi connectivity index (χ0n) is 17.6. The van der Waals surface area contributed by atoms with Crippen molar-refractivity contribution in [2.75, 3.05) is 33.8 Å².